The van der Waals surface area contributed by atoms with Crippen LogP contribution in [-0.4, -0.2) is 102 Å². The minimum absolute atomic E-state index is 0.0677. The van der Waals surface area contributed by atoms with Gasteiger partial charge >= 0.3 is 0 Å². The molecular weight excluding hydrogens is 604 g/mol. The van der Waals surface area contributed by atoms with E-state index in [1.165, 1.54) is 35.1 Å². The molecule has 0 radical (unpaired) electrons. The highest BCUT2D eigenvalue weighted by Crippen LogP contribution is 2.38. The van der Waals surface area contributed by atoms with Crippen LogP contribution in [0.3, 0.4) is 0 Å². The van der Waals surface area contributed by atoms with Crippen LogP contribution in [0.1, 0.15) is 52.4 Å². The van der Waals surface area contributed by atoms with Crippen molar-refractivity contribution in [1.82, 2.24) is 19.0 Å². The molecule has 41 heavy (non-hydrogen) atoms. The van der Waals surface area contributed by atoms with E-state index in [4.69, 9.17) is 11.6 Å². The predicted molar refractivity (Wildman–Crippen MR) is 162 cm³/mol. The first-order valence-electron chi connectivity index (χ1n) is 14.3. The third kappa shape index (κ3) is 6.42. The zero-order valence-corrected chi connectivity index (χ0v) is 26.7. The Bertz CT molecular complexity index is 1390. The van der Waals surface area contributed by atoms with Crippen LogP contribution < -0.4 is 0 Å². The quantitative estimate of drug-likeness (QED) is 0.366. The van der Waals surface area contributed by atoms with Crippen molar-refractivity contribution in [2.45, 2.75) is 74.7 Å². The molecule has 9 nitrogen and oxygen atoms in total. The summed E-state index contributed by atoms with van der Waals surface area (Å²) in [4.78, 5) is 47.4. The average Bonchev–Trinajstić information content (AvgIpc) is 3.78. The van der Waals surface area contributed by atoms with Crippen molar-refractivity contribution >= 4 is 61.9 Å². The molecule has 2 amide bonds. The van der Waals surface area contributed by atoms with E-state index in [9.17, 15) is 22.8 Å². The molecule has 3 atom stereocenters. The van der Waals surface area contributed by atoms with Crippen molar-refractivity contribution in [3.8, 4) is 9.75 Å². The summed E-state index contributed by atoms with van der Waals surface area (Å²) in [6.45, 7) is 6.96. The van der Waals surface area contributed by atoms with Crippen molar-refractivity contribution in [2.75, 3.05) is 39.3 Å². The van der Waals surface area contributed by atoms with Crippen molar-refractivity contribution in [3.05, 3.63) is 28.6 Å². The first kappa shape index (κ1) is 30.6. The summed E-state index contributed by atoms with van der Waals surface area (Å²) in [5, 5.41) is 0. The van der Waals surface area contributed by atoms with Crippen LogP contribution in [0.4, 0.5) is 0 Å². The van der Waals surface area contributed by atoms with Crippen molar-refractivity contribution in [2.24, 2.45) is 0 Å². The normalized spacial score (nSPS) is 22.8. The maximum Gasteiger partial charge on any atom is 0.253 e. The standard InChI is InChI=1S/C28H37ClN4O5S3/c1-3-21(34)18-33(41(37,38)26-11-9-24(40-26)23-8-10-25(29)39-23)22-12-16-31(28(22)36)19(2)27(35)32-15-6-7-20(32)17-30-13-4-5-14-30/h8-11,19-20,22H,3-7,12-18H2,1-2H3/t19?,20-,22-/m0/s1. The van der Waals surface area contributed by atoms with Crippen LogP contribution in [0.2, 0.25) is 4.34 Å². The number of halogens is 1. The molecule has 224 valence electrons. The number of nitrogens with zero attached hydrogens (tertiary/aromatic N) is 4. The maximum absolute atomic E-state index is 13.9. The number of carbonyl (C=O) groups is 3. The second kappa shape index (κ2) is 12.8. The summed E-state index contributed by atoms with van der Waals surface area (Å²) < 4.78 is 29.5. The van der Waals surface area contributed by atoms with Crippen LogP contribution in [0.25, 0.3) is 9.75 Å². The molecule has 3 saturated heterocycles. The SMILES string of the molecule is CCC(=O)CN([C@H]1CCN(C(C)C(=O)N2CCC[C@H]2CN2CCCC2)C1=O)S(=O)(=O)c1ccc(-c2ccc(Cl)s2)s1. The fraction of sp³-hybridized carbons (Fsp3) is 0.607. The van der Waals surface area contributed by atoms with Crippen molar-refractivity contribution in [3.63, 3.8) is 0 Å². The summed E-state index contributed by atoms with van der Waals surface area (Å²) in [7, 11) is -4.16. The molecule has 2 aromatic heterocycles. The number of Topliss-reactive ketones (excluding diaryl/α,β-unsaturated/α-hetero) is 1. The Labute approximate surface area is 255 Å². The highest BCUT2D eigenvalue weighted by molar-refractivity contribution is 7.91. The second-order valence-electron chi connectivity index (χ2n) is 11.0. The highest BCUT2D eigenvalue weighted by atomic mass is 35.5. The lowest BCUT2D eigenvalue weighted by Crippen LogP contribution is -2.53. The van der Waals surface area contributed by atoms with Gasteiger partial charge in [-0.3, -0.25) is 14.4 Å². The molecule has 13 heteroatoms. The molecule has 0 aliphatic carbocycles. The van der Waals surface area contributed by atoms with E-state index in [0.717, 1.165) is 57.9 Å². The Balaban J connectivity index is 1.33. The molecule has 2 aromatic rings. The number of rotatable bonds is 11. The van der Waals surface area contributed by atoms with E-state index in [1.807, 2.05) is 11.0 Å². The van der Waals surface area contributed by atoms with Gasteiger partial charge in [0, 0.05) is 41.9 Å². The third-order valence-corrected chi connectivity index (χ3v) is 13.2. The topological polar surface area (TPSA) is 98.3 Å². The first-order chi connectivity index (χ1) is 19.6. The molecule has 5 rings (SSSR count). The largest absolute Gasteiger partial charge is 0.337 e. The average molecular weight is 641 g/mol. The van der Waals surface area contributed by atoms with Gasteiger partial charge in [-0.2, -0.15) is 4.31 Å². The van der Waals surface area contributed by atoms with Gasteiger partial charge in [-0.15, -0.1) is 22.7 Å². The summed E-state index contributed by atoms with van der Waals surface area (Å²) >= 11 is 8.51. The molecule has 3 aliphatic rings. The van der Waals surface area contributed by atoms with E-state index < -0.39 is 28.0 Å². The number of ketones is 1. The Morgan fingerprint density at radius 2 is 1.73 bits per heavy atom. The van der Waals surface area contributed by atoms with Gasteiger partial charge in [0.05, 0.1) is 10.9 Å². The van der Waals surface area contributed by atoms with Gasteiger partial charge in [0.25, 0.3) is 10.0 Å². The minimum Gasteiger partial charge on any atom is -0.337 e. The third-order valence-electron chi connectivity index (χ3n) is 8.40. The van der Waals surface area contributed by atoms with E-state index in [2.05, 4.69) is 4.90 Å². The van der Waals surface area contributed by atoms with E-state index in [0.29, 0.717) is 10.9 Å². The van der Waals surface area contributed by atoms with Crippen molar-refractivity contribution < 1.29 is 22.8 Å². The van der Waals surface area contributed by atoms with E-state index >= 15 is 0 Å². The summed E-state index contributed by atoms with van der Waals surface area (Å²) in [6.07, 6.45) is 4.66. The second-order valence-corrected chi connectivity index (χ2v) is 15.9. The number of amides is 2. The molecule has 0 N–H and O–H groups in total. The highest BCUT2D eigenvalue weighted by Gasteiger charge is 2.46. The number of carbonyl (C=O) groups excluding carboxylic acids is 3. The Hall–Kier alpha value is -1.83. The Morgan fingerprint density at radius 1 is 1.02 bits per heavy atom. The molecule has 3 fully saturated rings. The van der Waals surface area contributed by atoms with Crippen LogP contribution >= 0.6 is 34.3 Å². The number of hydrogen-bond donors (Lipinski definition) is 0. The van der Waals surface area contributed by atoms with Crippen LogP contribution in [-0.2, 0) is 24.4 Å². The summed E-state index contributed by atoms with van der Waals surface area (Å²) in [5.41, 5.74) is 0. The molecule has 1 unspecified atom stereocenters. The van der Waals surface area contributed by atoms with E-state index in [-0.39, 0.29) is 47.9 Å². The number of hydrogen-bond acceptors (Lipinski definition) is 8. The van der Waals surface area contributed by atoms with Crippen molar-refractivity contribution in [1.29, 1.82) is 0 Å². The van der Waals surface area contributed by atoms with Gasteiger partial charge < -0.3 is 14.7 Å². The lowest BCUT2D eigenvalue weighted by Gasteiger charge is -2.33. The van der Waals surface area contributed by atoms with Crippen LogP contribution in [0, 0.1) is 0 Å². The lowest BCUT2D eigenvalue weighted by atomic mass is 10.2. The predicted octanol–water partition coefficient (Wildman–Crippen LogP) is 4.18. The van der Waals surface area contributed by atoms with Gasteiger partial charge in [-0.05, 0) is 76.4 Å². The summed E-state index contributed by atoms with van der Waals surface area (Å²) in [5.74, 6) is -0.778. The zero-order valence-electron chi connectivity index (χ0n) is 23.5. The zero-order chi connectivity index (χ0) is 29.3. The molecule has 0 saturated carbocycles. The molecule has 3 aliphatic heterocycles. The number of sulfonamides is 1. The Kier molecular flexibility index (Phi) is 9.57. The fourth-order valence-corrected chi connectivity index (χ4v) is 10.3. The monoisotopic (exact) mass is 640 g/mol. The van der Waals surface area contributed by atoms with Crippen LogP contribution in [0.5, 0.6) is 0 Å². The van der Waals surface area contributed by atoms with Gasteiger partial charge in [0.1, 0.15) is 22.1 Å². The van der Waals surface area contributed by atoms with Gasteiger partial charge in [0.2, 0.25) is 11.8 Å². The lowest BCUT2D eigenvalue weighted by molar-refractivity contribution is -0.144. The van der Waals surface area contributed by atoms with E-state index in [1.54, 1.807) is 26.0 Å². The maximum atomic E-state index is 13.9. The molecule has 0 spiro atoms. The molecule has 0 aromatic carbocycles. The summed E-state index contributed by atoms with van der Waals surface area (Å²) in [6, 6.07) is 5.23. The molecular formula is C28H37ClN4O5S3. The number of thiophene rings is 2. The molecule has 0 bridgehead atoms. The first-order valence-corrected chi connectivity index (χ1v) is 17.8. The van der Waals surface area contributed by atoms with Gasteiger partial charge in [-0.25, -0.2) is 8.42 Å². The minimum atomic E-state index is -4.16. The van der Waals surface area contributed by atoms with Gasteiger partial charge in [-0.1, -0.05) is 18.5 Å². The van der Waals surface area contributed by atoms with Gasteiger partial charge in [0.15, 0.2) is 0 Å². The number of likely N-dealkylation sites (tertiary alicyclic amines) is 3. The molecule has 5 heterocycles. The smallest absolute Gasteiger partial charge is 0.253 e. The fourth-order valence-electron chi connectivity index (χ4n) is 6.09. The Morgan fingerprint density at radius 3 is 2.41 bits per heavy atom. The van der Waals surface area contributed by atoms with Crippen LogP contribution in [0.15, 0.2) is 28.5 Å².